The lowest BCUT2D eigenvalue weighted by Crippen LogP contribution is -2.54. The van der Waals surface area contributed by atoms with Gasteiger partial charge >= 0.3 is 0 Å². The van der Waals surface area contributed by atoms with Crippen LogP contribution in [-0.4, -0.2) is 48.2 Å². The molecule has 1 aliphatic rings. The van der Waals surface area contributed by atoms with E-state index in [9.17, 15) is 12.6 Å². The summed E-state index contributed by atoms with van der Waals surface area (Å²) in [5.41, 5.74) is 0.125. The maximum atomic E-state index is 12.4. The predicted molar refractivity (Wildman–Crippen MR) is 81.6 cm³/mol. The van der Waals surface area contributed by atoms with E-state index in [-0.39, 0.29) is 28.2 Å². The Labute approximate surface area is 120 Å². The number of hydrogen-bond acceptors (Lipinski definition) is 4. The molecule has 0 aromatic heterocycles. The molecule has 0 aromatic rings. The molecule has 19 heavy (non-hydrogen) atoms. The Kier molecular flexibility index (Phi) is 6.01. The molecule has 4 nitrogen and oxygen atoms in total. The lowest BCUT2D eigenvalue weighted by Gasteiger charge is -2.44. The molecule has 0 aromatic carbocycles. The van der Waals surface area contributed by atoms with Crippen molar-refractivity contribution in [3.05, 3.63) is 0 Å². The van der Waals surface area contributed by atoms with Crippen molar-refractivity contribution in [1.82, 2.24) is 5.32 Å². The number of sulfone groups is 1. The highest BCUT2D eigenvalue weighted by atomic mass is 32.2. The van der Waals surface area contributed by atoms with Crippen molar-refractivity contribution in [3.63, 3.8) is 0 Å². The van der Waals surface area contributed by atoms with Gasteiger partial charge in [-0.3, -0.25) is 4.21 Å². The van der Waals surface area contributed by atoms with Crippen molar-refractivity contribution < 1.29 is 12.6 Å². The molecule has 0 saturated heterocycles. The van der Waals surface area contributed by atoms with Gasteiger partial charge in [-0.25, -0.2) is 8.42 Å². The van der Waals surface area contributed by atoms with Gasteiger partial charge in [0.1, 0.15) is 9.84 Å². The number of nitrogens with one attached hydrogen (secondary N) is 1. The molecule has 0 radical (unpaired) electrons. The van der Waals surface area contributed by atoms with Gasteiger partial charge in [0, 0.05) is 28.9 Å². The maximum Gasteiger partial charge on any atom is 0.148 e. The van der Waals surface area contributed by atoms with Crippen molar-refractivity contribution in [2.75, 3.05) is 24.3 Å². The van der Waals surface area contributed by atoms with Crippen LogP contribution in [0, 0.1) is 5.41 Å². The molecule has 0 aliphatic heterocycles. The van der Waals surface area contributed by atoms with E-state index in [0.29, 0.717) is 0 Å². The Morgan fingerprint density at radius 3 is 2.53 bits per heavy atom. The zero-order chi connectivity index (χ0) is 14.7. The van der Waals surface area contributed by atoms with Crippen molar-refractivity contribution >= 4 is 20.6 Å². The molecule has 1 rings (SSSR count). The SMILES string of the molecule is CCNC1C(S(=O)CCS(C)(=O)=O)CCCC1(C)C. The van der Waals surface area contributed by atoms with Crippen LogP contribution >= 0.6 is 0 Å². The largest absolute Gasteiger partial charge is 0.313 e. The van der Waals surface area contributed by atoms with Crippen molar-refractivity contribution in [1.29, 1.82) is 0 Å². The van der Waals surface area contributed by atoms with Gasteiger partial charge in [0.25, 0.3) is 0 Å². The average molecular weight is 309 g/mol. The summed E-state index contributed by atoms with van der Waals surface area (Å²) >= 11 is 0. The smallest absolute Gasteiger partial charge is 0.148 e. The van der Waals surface area contributed by atoms with Crippen LogP contribution < -0.4 is 5.32 Å². The van der Waals surface area contributed by atoms with E-state index in [1.54, 1.807) is 0 Å². The summed E-state index contributed by atoms with van der Waals surface area (Å²) in [6.45, 7) is 7.33. The third-order valence-corrected chi connectivity index (χ3v) is 6.93. The van der Waals surface area contributed by atoms with Crippen LogP contribution in [-0.2, 0) is 20.6 Å². The van der Waals surface area contributed by atoms with E-state index < -0.39 is 20.6 Å². The second-order valence-corrected chi connectivity index (χ2v) is 10.2. The molecule has 3 atom stereocenters. The van der Waals surface area contributed by atoms with E-state index in [1.807, 2.05) is 0 Å². The van der Waals surface area contributed by atoms with Gasteiger partial charge < -0.3 is 5.32 Å². The standard InChI is InChI=1S/C13H27NO3S2/c1-5-14-12-11(7-6-8-13(12,2)3)18(15)9-10-19(4,16)17/h11-12,14H,5-10H2,1-4H3. The predicted octanol–water partition coefficient (Wildman–Crippen LogP) is 1.34. The lowest BCUT2D eigenvalue weighted by molar-refractivity contribution is 0.175. The maximum absolute atomic E-state index is 12.4. The molecule has 1 fully saturated rings. The Morgan fingerprint density at radius 2 is 2.00 bits per heavy atom. The van der Waals surface area contributed by atoms with Crippen LogP contribution in [0.1, 0.15) is 40.0 Å². The second-order valence-electron chi connectivity index (χ2n) is 6.17. The first-order valence-electron chi connectivity index (χ1n) is 6.95. The zero-order valence-corrected chi connectivity index (χ0v) is 14.1. The summed E-state index contributed by atoms with van der Waals surface area (Å²) in [6, 6.07) is 0.214. The summed E-state index contributed by atoms with van der Waals surface area (Å²) in [5, 5.41) is 3.53. The molecule has 1 aliphatic carbocycles. The van der Waals surface area contributed by atoms with Crippen molar-refractivity contribution in [2.24, 2.45) is 5.41 Å². The summed E-state index contributed by atoms with van der Waals surface area (Å²) in [5.74, 6) is 0.289. The van der Waals surface area contributed by atoms with Gasteiger partial charge in [-0.15, -0.1) is 0 Å². The first-order valence-corrected chi connectivity index (χ1v) is 10.4. The van der Waals surface area contributed by atoms with Crippen LogP contribution in [0.5, 0.6) is 0 Å². The van der Waals surface area contributed by atoms with Crippen LogP contribution in [0.2, 0.25) is 0 Å². The lowest BCUT2D eigenvalue weighted by atomic mass is 9.73. The summed E-state index contributed by atoms with van der Waals surface area (Å²) in [7, 11) is -4.10. The molecule has 0 bridgehead atoms. The van der Waals surface area contributed by atoms with Crippen molar-refractivity contribution in [2.45, 2.75) is 51.3 Å². The highest BCUT2D eigenvalue weighted by Gasteiger charge is 2.41. The Balaban J connectivity index is 2.75. The van der Waals surface area contributed by atoms with Gasteiger partial charge in [0.05, 0.1) is 11.0 Å². The van der Waals surface area contributed by atoms with Gasteiger partial charge in [0.15, 0.2) is 0 Å². The molecule has 1 N–H and O–H groups in total. The van der Waals surface area contributed by atoms with E-state index in [2.05, 4.69) is 26.1 Å². The molecule has 0 amide bonds. The molecule has 3 unspecified atom stereocenters. The molecular formula is C13H27NO3S2. The molecule has 0 spiro atoms. The van der Waals surface area contributed by atoms with Gasteiger partial charge in [-0.1, -0.05) is 27.2 Å². The van der Waals surface area contributed by atoms with Gasteiger partial charge in [-0.2, -0.15) is 0 Å². The molecule has 114 valence electrons. The minimum Gasteiger partial charge on any atom is -0.313 e. The van der Waals surface area contributed by atoms with E-state index in [0.717, 1.165) is 25.8 Å². The molecule has 0 heterocycles. The highest BCUT2D eigenvalue weighted by Crippen LogP contribution is 2.37. The van der Waals surface area contributed by atoms with Crippen LogP contribution in [0.15, 0.2) is 0 Å². The Bertz CT molecular complexity index is 418. The third-order valence-electron chi connectivity index (χ3n) is 3.94. The molecular weight excluding hydrogens is 282 g/mol. The third kappa shape index (κ3) is 5.16. The Morgan fingerprint density at radius 1 is 1.37 bits per heavy atom. The summed E-state index contributed by atoms with van der Waals surface area (Å²) < 4.78 is 34.8. The van der Waals surface area contributed by atoms with Crippen LogP contribution in [0.4, 0.5) is 0 Å². The normalized spacial score (nSPS) is 29.1. The topological polar surface area (TPSA) is 63.2 Å². The fourth-order valence-electron chi connectivity index (χ4n) is 2.88. The van der Waals surface area contributed by atoms with Gasteiger partial charge in [0.2, 0.25) is 0 Å². The van der Waals surface area contributed by atoms with Gasteiger partial charge in [-0.05, 0) is 24.8 Å². The average Bonchev–Trinajstić information content (AvgIpc) is 2.27. The highest BCUT2D eigenvalue weighted by molar-refractivity contribution is 7.92. The second kappa shape index (κ2) is 6.68. The molecule has 1 saturated carbocycles. The fraction of sp³-hybridized carbons (Fsp3) is 1.00. The quantitative estimate of drug-likeness (QED) is 0.804. The summed E-state index contributed by atoms with van der Waals surface area (Å²) in [6.07, 6.45) is 4.34. The minimum atomic E-state index is -3.03. The van der Waals surface area contributed by atoms with E-state index in [4.69, 9.17) is 0 Å². The first kappa shape index (κ1) is 17.1. The summed E-state index contributed by atoms with van der Waals surface area (Å²) in [4.78, 5) is 0. The number of rotatable bonds is 6. The number of hydrogen-bond donors (Lipinski definition) is 1. The van der Waals surface area contributed by atoms with E-state index >= 15 is 0 Å². The zero-order valence-electron chi connectivity index (χ0n) is 12.4. The first-order chi connectivity index (χ1) is 8.67. The monoisotopic (exact) mass is 309 g/mol. The molecule has 6 heteroatoms. The minimum absolute atomic E-state index is 0.0232. The van der Waals surface area contributed by atoms with Crippen molar-refractivity contribution in [3.8, 4) is 0 Å². The fourth-order valence-corrected chi connectivity index (χ4v) is 6.25. The van der Waals surface area contributed by atoms with Crippen LogP contribution in [0.3, 0.4) is 0 Å². The van der Waals surface area contributed by atoms with Crippen LogP contribution in [0.25, 0.3) is 0 Å². The van der Waals surface area contributed by atoms with E-state index in [1.165, 1.54) is 6.26 Å². The Hall–Kier alpha value is 0.0600.